The predicted molar refractivity (Wildman–Crippen MR) is 149 cm³/mol. The van der Waals surface area contributed by atoms with Crippen LogP contribution in [0.2, 0.25) is 0 Å². The molecule has 1 aliphatic heterocycles. The standard InChI is InChI=1S/C27H20BrN3O5S2/c28-18-8-10-19(11-9-18)29-24-25(27(33)31(26(24)32)17-21-5-4-16-36-21)37-22-14-12-20(13-15-22)30-38(34,35)23-6-2-1-3-7-23/h1-16,29-30H,17H2. The molecule has 11 heteroatoms. The second kappa shape index (κ2) is 10.9. The lowest BCUT2D eigenvalue weighted by molar-refractivity contribution is -0.138. The molecule has 3 aromatic carbocycles. The van der Waals surface area contributed by atoms with Crippen LogP contribution in [0.1, 0.15) is 5.76 Å². The number of nitrogens with zero attached hydrogens (tertiary/aromatic N) is 1. The van der Waals surface area contributed by atoms with E-state index < -0.39 is 21.8 Å². The molecule has 38 heavy (non-hydrogen) atoms. The average molecular weight is 611 g/mol. The monoisotopic (exact) mass is 609 g/mol. The number of carbonyl (C=O) groups excluding carboxylic acids is 2. The van der Waals surface area contributed by atoms with E-state index in [9.17, 15) is 18.0 Å². The van der Waals surface area contributed by atoms with E-state index in [-0.39, 0.29) is 22.0 Å². The Kier molecular flexibility index (Phi) is 7.41. The molecule has 1 aliphatic rings. The molecular formula is C27H20BrN3O5S2. The van der Waals surface area contributed by atoms with E-state index >= 15 is 0 Å². The topological polar surface area (TPSA) is 109 Å². The lowest BCUT2D eigenvalue weighted by atomic mass is 10.3. The highest BCUT2D eigenvalue weighted by molar-refractivity contribution is 9.10. The molecule has 4 aromatic rings. The van der Waals surface area contributed by atoms with Crippen LogP contribution in [-0.2, 0) is 26.2 Å². The van der Waals surface area contributed by atoms with E-state index in [0.717, 1.165) is 21.1 Å². The maximum absolute atomic E-state index is 13.4. The van der Waals surface area contributed by atoms with Gasteiger partial charge in [-0.2, -0.15) is 0 Å². The highest BCUT2D eigenvalue weighted by atomic mass is 79.9. The molecule has 2 heterocycles. The Morgan fingerprint density at radius 3 is 2.16 bits per heavy atom. The highest BCUT2D eigenvalue weighted by Gasteiger charge is 2.39. The molecule has 0 spiro atoms. The number of benzene rings is 3. The fourth-order valence-corrected chi connectivity index (χ4v) is 5.95. The minimum atomic E-state index is -3.74. The Morgan fingerprint density at radius 1 is 0.816 bits per heavy atom. The third kappa shape index (κ3) is 5.69. The molecule has 8 nitrogen and oxygen atoms in total. The second-order valence-corrected chi connectivity index (χ2v) is 11.8. The quantitative estimate of drug-likeness (QED) is 0.230. The van der Waals surface area contributed by atoms with E-state index in [4.69, 9.17) is 4.42 Å². The van der Waals surface area contributed by atoms with Crippen LogP contribution in [0.5, 0.6) is 0 Å². The van der Waals surface area contributed by atoms with Crippen LogP contribution >= 0.6 is 27.7 Å². The van der Waals surface area contributed by atoms with Crippen molar-refractivity contribution in [2.45, 2.75) is 16.3 Å². The summed E-state index contributed by atoms with van der Waals surface area (Å²) in [7, 11) is -3.74. The molecule has 0 aliphatic carbocycles. The number of thioether (sulfide) groups is 1. The van der Waals surface area contributed by atoms with Gasteiger partial charge in [0, 0.05) is 20.7 Å². The third-order valence-corrected chi connectivity index (χ3v) is 8.53. The zero-order valence-electron chi connectivity index (χ0n) is 19.6. The fraction of sp³-hybridized carbons (Fsp3) is 0.0370. The van der Waals surface area contributed by atoms with Crippen LogP contribution in [0.4, 0.5) is 11.4 Å². The van der Waals surface area contributed by atoms with Gasteiger partial charge in [-0.1, -0.05) is 45.9 Å². The summed E-state index contributed by atoms with van der Waals surface area (Å²) in [5, 5.41) is 3.09. The van der Waals surface area contributed by atoms with Crippen molar-refractivity contribution in [2.24, 2.45) is 0 Å². The number of imide groups is 1. The number of hydrogen-bond acceptors (Lipinski definition) is 7. The Morgan fingerprint density at radius 2 is 1.50 bits per heavy atom. The molecule has 0 fully saturated rings. The van der Waals surface area contributed by atoms with Crippen molar-refractivity contribution in [3.8, 4) is 0 Å². The van der Waals surface area contributed by atoms with Gasteiger partial charge in [-0.25, -0.2) is 8.42 Å². The minimum absolute atomic E-state index is 0.000444. The van der Waals surface area contributed by atoms with Crippen LogP contribution in [0.25, 0.3) is 0 Å². The van der Waals surface area contributed by atoms with Crippen molar-refractivity contribution in [1.29, 1.82) is 0 Å². The SMILES string of the molecule is O=C1C(Nc2ccc(Br)cc2)=C(Sc2ccc(NS(=O)(=O)c3ccccc3)cc2)C(=O)N1Cc1ccco1. The molecule has 0 unspecified atom stereocenters. The van der Waals surface area contributed by atoms with Crippen LogP contribution in [0.3, 0.4) is 0 Å². The predicted octanol–water partition coefficient (Wildman–Crippen LogP) is 5.83. The maximum atomic E-state index is 13.4. The number of carbonyl (C=O) groups is 2. The zero-order valence-corrected chi connectivity index (χ0v) is 22.8. The van der Waals surface area contributed by atoms with Gasteiger partial charge in [0.15, 0.2) is 0 Å². The number of rotatable bonds is 9. The number of nitrogens with one attached hydrogen (secondary N) is 2. The number of amides is 2. The van der Waals surface area contributed by atoms with Gasteiger partial charge in [0.25, 0.3) is 21.8 Å². The molecule has 0 radical (unpaired) electrons. The lowest BCUT2D eigenvalue weighted by Gasteiger charge is -2.13. The van der Waals surface area contributed by atoms with Gasteiger partial charge >= 0.3 is 0 Å². The lowest BCUT2D eigenvalue weighted by Crippen LogP contribution is -2.31. The van der Waals surface area contributed by atoms with E-state index in [1.807, 2.05) is 12.1 Å². The van der Waals surface area contributed by atoms with Gasteiger partial charge in [-0.15, -0.1) is 0 Å². The van der Waals surface area contributed by atoms with Crippen LogP contribution in [0, 0.1) is 0 Å². The molecule has 0 saturated heterocycles. The summed E-state index contributed by atoms with van der Waals surface area (Å²) in [5.74, 6) is -0.440. The van der Waals surface area contributed by atoms with E-state index in [0.29, 0.717) is 22.0 Å². The van der Waals surface area contributed by atoms with Gasteiger partial charge in [0.2, 0.25) is 0 Å². The van der Waals surface area contributed by atoms with Gasteiger partial charge in [0.05, 0.1) is 17.7 Å². The average Bonchev–Trinajstić information content (AvgIpc) is 3.51. The van der Waals surface area contributed by atoms with Crippen molar-refractivity contribution in [2.75, 3.05) is 10.0 Å². The molecule has 1 aromatic heterocycles. The normalized spacial score (nSPS) is 13.8. The molecule has 0 saturated carbocycles. The van der Waals surface area contributed by atoms with Gasteiger partial charge in [0.1, 0.15) is 16.4 Å². The van der Waals surface area contributed by atoms with Crippen LogP contribution < -0.4 is 10.0 Å². The first-order valence-corrected chi connectivity index (χ1v) is 14.4. The summed E-state index contributed by atoms with van der Waals surface area (Å²) in [4.78, 5) is 28.8. The largest absolute Gasteiger partial charge is 0.467 e. The number of furan rings is 1. The molecule has 0 atom stereocenters. The first-order valence-electron chi connectivity index (χ1n) is 11.3. The Balaban J connectivity index is 1.39. The third-order valence-electron chi connectivity index (χ3n) is 5.51. The maximum Gasteiger partial charge on any atom is 0.278 e. The van der Waals surface area contributed by atoms with E-state index in [2.05, 4.69) is 26.0 Å². The molecule has 0 bridgehead atoms. The number of hydrogen-bond donors (Lipinski definition) is 2. The number of sulfonamides is 1. The van der Waals surface area contributed by atoms with Gasteiger partial charge < -0.3 is 9.73 Å². The van der Waals surface area contributed by atoms with E-state index in [1.54, 1.807) is 66.7 Å². The van der Waals surface area contributed by atoms with Crippen molar-refractivity contribution in [3.63, 3.8) is 0 Å². The summed E-state index contributed by atoms with van der Waals surface area (Å²) in [6.45, 7) is 0.000444. The summed E-state index contributed by atoms with van der Waals surface area (Å²) < 4.78 is 34.0. The smallest absolute Gasteiger partial charge is 0.278 e. The molecule has 5 rings (SSSR count). The highest BCUT2D eigenvalue weighted by Crippen LogP contribution is 2.37. The van der Waals surface area contributed by atoms with E-state index in [1.165, 1.54) is 18.4 Å². The summed E-state index contributed by atoms with van der Waals surface area (Å²) in [5.41, 5.74) is 1.17. The number of halogens is 1. The summed E-state index contributed by atoms with van der Waals surface area (Å²) in [6, 6.07) is 25.3. The minimum Gasteiger partial charge on any atom is -0.467 e. The van der Waals surface area contributed by atoms with Crippen LogP contribution in [-0.4, -0.2) is 25.1 Å². The van der Waals surface area contributed by atoms with Crippen molar-refractivity contribution in [3.05, 3.63) is 118 Å². The zero-order chi connectivity index (χ0) is 26.7. The Hall–Kier alpha value is -3.80. The van der Waals surface area contributed by atoms with Crippen LogP contribution in [0.15, 0.2) is 127 Å². The summed E-state index contributed by atoms with van der Waals surface area (Å²) in [6.07, 6.45) is 1.48. The Bertz CT molecular complexity index is 1600. The Labute approximate surface area is 231 Å². The van der Waals surface area contributed by atoms with Gasteiger partial charge in [-0.05, 0) is 72.8 Å². The fourth-order valence-electron chi connectivity index (χ4n) is 3.66. The first kappa shape index (κ1) is 25.8. The molecule has 2 amide bonds. The molecular weight excluding hydrogens is 590 g/mol. The van der Waals surface area contributed by atoms with Crippen molar-refractivity contribution < 1.29 is 22.4 Å². The number of anilines is 2. The second-order valence-electron chi connectivity index (χ2n) is 8.16. The molecule has 2 N–H and O–H groups in total. The van der Waals surface area contributed by atoms with Crippen molar-refractivity contribution >= 4 is 60.9 Å². The van der Waals surface area contributed by atoms with Crippen molar-refractivity contribution in [1.82, 2.24) is 4.90 Å². The first-order chi connectivity index (χ1) is 18.3. The summed E-state index contributed by atoms with van der Waals surface area (Å²) >= 11 is 4.51. The van der Waals surface area contributed by atoms with Gasteiger partial charge in [-0.3, -0.25) is 19.2 Å². The molecule has 192 valence electrons.